The van der Waals surface area contributed by atoms with Gasteiger partial charge < -0.3 is 26.2 Å². The molecule has 1 aliphatic heterocycles. The highest BCUT2D eigenvalue weighted by atomic mass is 32.2. The summed E-state index contributed by atoms with van der Waals surface area (Å²) in [6.45, 7) is 14.1. The van der Waals surface area contributed by atoms with Crippen LogP contribution in [0, 0.1) is 34.5 Å². The summed E-state index contributed by atoms with van der Waals surface area (Å²) in [6.07, 6.45) is 9.38. The standard InChI is InChI=1S/C37H60N6O7S/c1-8-18-38-33(46)31(44)26(19-22-14-15-22)39-32(45)30-28-25(37(28,5)6)20-43(30)34(47)29(23-12-10-9-11-13-23)41-35(48)40-27(36(2,3)4)21-42(7)51(49,50)24-16-17-24/h8,22-30H,1,9-21H2,2-7H3,(H,38,46)(H,39,45)(H2,40,41,48)/t25-,26?,27+,28-,29-,30-/m0/s1. The first-order valence-corrected chi connectivity index (χ1v) is 20.4. The number of piperidine rings is 1. The van der Waals surface area contributed by atoms with Crippen LogP contribution in [-0.4, -0.2) is 103 Å². The van der Waals surface area contributed by atoms with Crippen LogP contribution < -0.4 is 21.3 Å². The number of carbonyl (C=O) groups excluding carboxylic acids is 5. The fourth-order valence-electron chi connectivity index (χ4n) is 8.28. The van der Waals surface area contributed by atoms with E-state index in [-0.39, 0.29) is 53.3 Å². The van der Waals surface area contributed by atoms with Gasteiger partial charge in [0.1, 0.15) is 12.1 Å². The Kier molecular flexibility index (Phi) is 11.7. The number of rotatable bonds is 16. The monoisotopic (exact) mass is 732 g/mol. The zero-order valence-corrected chi connectivity index (χ0v) is 32.1. The van der Waals surface area contributed by atoms with E-state index in [1.54, 1.807) is 11.9 Å². The molecule has 0 spiro atoms. The number of likely N-dealkylation sites (N-methyl/N-ethyl adjacent to an activating group) is 1. The molecule has 6 atom stereocenters. The lowest BCUT2D eigenvalue weighted by Gasteiger charge is -2.38. The normalized spacial score (nSPS) is 26.3. The van der Waals surface area contributed by atoms with E-state index in [2.05, 4.69) is 41.7 Å². The Bertz CT molecular complexity index is 1480. The van der Waals surface area contributed by atoms with Crippen molar-refractivity contribution >= 4 is 39.6 Å². The molecule has 13 nitrogen and oxygen atoms in total. The first-order chi connectivity index (χ1) is 23.9. The van der Waals surface area contributed by atoms with E-state index in [4.69, 9.17) is 0 Å². The molecule has 0 aromatic heterocycles. The molecule has 4 N–H and O–H groups in total. The van der Waals surface area contributed by atoms with Crippen molar-refractivity contribution in [3.8, 4) is 0 Å². The Morgan fingerprint density at radius 2 is 1.61 bits per heavy atom. The van der Waals surface area contributed by atoms with Gasteiger partial charge in [0, 0.05) is 32.7 Å². The number of nitrogens with one attached hydrogen (secondary N) is 4. The molecular formula is C37H60N6O7S. The molecule has 4 saturated carbocycles. The lowest BCUT2D eigenvalue weighted by Crippen LogP contribution is -2.62. The van der Waals surface area contributed by atoms with Gasteiger partial charge >= 0.3 is 6.03 Å². The van der Waals surface area contributed by atoms with Crippen molar-refractivity contribution in [1.82, 2.24) is 30.5 Å². The van der Waals surface area contributed by atoms with Gasteiger partial charge in [-0.3, -0.25) is 19.2 Å². The number of likely N-dealkylation sites (tertiary alicyclic amines) is 1. The van der Waals surface area contributed by atoms with Crippen molar-refractivity contribution < 1.29 is 32.4 Å². The number of sulfonamides is 1. The number of hydrogen-bond donors (Lipinski definition) is 4. The van der Waals surface area contributed by atoms with E-state index < -0.39 is 63.2 Å². The van der Waals surface area contributed by atoms with Crippen molar-refractivity contribution in [1.29, 1.82) is 0 Å². The maximum atomic E-state index is 14.7. The average molecular weight is 733 g/mol. The minimum absolute atomic E-state index is 0.0840. The molecule has 0 radical (unpaired) electrons. The van der Waals surface area contributed by atoms with E-state index in [0.29, 0.717) is 25.8 Å². The van der Waals surface area contributed by atoms with Crippen LogP contribution in [0.2, 0.25) is 0 Å². The van der Waals surface area contributed by atoms with Gasteiger partial charge in [0.2, 0.25) is 27.6 Å². The number of ketones is 1. The van der Waals surface area contributed by atoms with Gasteiger partial charge in [-0.15, -0.1) is 6.58 Å². The minimum atomic E-state index is -3.46. The van der Waals surface area contributed by atoms with Crippen LogP contribution in [0.4, 0.5) is 4.79 Å². The highest BCUT2D eigenvalue weighted by Crippen LogP contribution is 2.65. The molecule has 1 heterocycles. The average Bonchev–Trinajstić information content (AvgIpc) is 4.02. The Labute approximate surface area is 303 Å². The van der Waals surface area contributed by atoms with Crippen molar-refractivity contribution in [2.24, 2.45) is 34.5 Å². The minimum Gasteiger partial charge on any atom is -0.346 e. The number of fused-ring (bicyclic) bond motifs is 1. The maximum Gasteiger partial charge on any atom is 0.315 e. The van der Waals surface area contributed by atoms with E-state index in [0.717, 1.165) is 44.9 Å². The molecule has 5 rings (SSSR count). The summed E-state index contributed by atoms with van der Waals surface area (Å²) in [6, 6.07) is -3.82. The fraction of sp³-hybridized carbons (Fsp3) is 0.811. The summed E-state index contributed by atoms with van der Waals surface area (Å²) in [5.74, 6) is -2.17. The molecule has 5 fully saturated rings. The second-order valence-electron chi connectivity index (χ2n) is 17.4. The molecule has 0 aromatic carbocycles. The Morgan fingerprint density at radius 1 is 0.961 bits per heavy atom. The second-order valence-corrected chi connectivity index (χ2v) is 19.7. The maximum absolute atomic E-state index is 14.7. The predicted molar refractivity (Wildman–Crippen MR) is 194 cm³/mol. The summed E-state index contributed by atoms with van der Waals surface area (Å²) in [7, 11) is -1.91. The zero-order chi connectivity index (χ0) is 37.5. The van der Waals surface area contributed by atoms with Crippen LogP contribution in [-0.2, 0) is 29.2 Å². The molecule has 1 unspecified atom stereocenters. The Balaban J connectivity index is 1.34. The number of nitrogens with zero attached hydrogens (tertiary/aromatic N) is 2. The smallest absolute Gasteiger partial charge is 0.315 e. The number of amides is 5. The van der Waals surface area contributed by atoms with Gasteiger partial charge in [0.25, 0.3) is 5.91 Å². The largest absolute Gasteiger partial charge is 0.346 e. The highest BCUT2D eigenvalue weighted by molar-refractivity contribution is 7.90. The van der Waals surface area contributed by atoms with Crippen LogP contribution >= 0.6 is 0 Å². The van der Waals surface area contributed by atoms with Gasteiger partial charge in [-0.05, 0) is 66.6 Å². The fourth-order valence-corrected chi connectivity index (χ4v) is 9.88. The van der Waals surface area contributed by atoms with Gasteiger partial charge in [-0.25, -0.2) is 17.5 Å². The van der Waals surface area contributed by atoms with Crippen LogP contribution in [0.1, 0.15) is 98.8 Å². The van der Waals surface area contributed by atoms with Gasteiger partial charge in [-0.2, -0.15) is 0 Å². The first-order valence-electron chi connectivity index (χ1n) is 18.9. The highest BCUT2D eigenvalue weighted by Gasteiger charge is 2.70. The summed E-state index contributed by atoms with van der Waals surface area (Å²) in [5.41, 5.74) is -0.676. The number of carbonyl (C=O) groups is 5. The first kappa shape index (κ1) is 39.2. The Morgan fingerprint density at radius 3 is 2.18 bits per heavy atom. The van der Waals surface area contributed by atoms with Crippen molar-refractivity contribution in [2.75, 3.05) is 26.7 Å². The molecule has 0 bridgehead atoms. The van der Waals surface area contributed by atoms with E-state index in [1.165, 1.54) is 10.4 Å². The van der Waals surface area contributed by atoms with Crippen LogP contribution in [0.5, 0.6) is 0 Å². The molecule has 0 aromatic rings. The Hall–Kier alpha value is -3.00. The second kappa shape index (κ2) is 15.2. The summed E-state index contributed by atoms with van der Waals surface area (Å²) >= 11 is 0. The van der Waals surface area contributed by atoms with Crippen LogP contribution in [0.25, 0.3) is 0 Å². The van der Waals surface area contributed by atoms with Crippen molar-refractivity contribution in [3.63, 3.8) is 0 Å². The van der Waals surface area contributed by atoms with E-state index in [1.807, 2.05) is 20.8 Å². The van der Waals surface area contributed by atoms with Crippen molar-refractivity contribution in [3.05, 3.63) is 12.7 Å². The van der Waals surface area contributed by atoms with Gasteiger partial charge in [-0.1, -0.05) is 72.8 Å². The molecule has 4 aliphatic carbocycles. The summed E-state index contributed by atoms with van der Waals surface area (Å²) in [5, 5.41) is 11.0. The van der Waals surface area contributed by atoms with Crippen LogP contribution in [0.3, 0.4) is 0 Å². The third-order valence-corrected chi connectivity index (χ3v) is 14.5. The molecule has 5 amide bonds. The molecule has 14 heteroatoms. The SMILES string of the molecule is C=CCNC(=O)C(=O)C(CC1CC1)NC(=O)[C@@H]1[C@@H]2[C@H](CN1C(=O)[C@@H](NC(=O)N[C@H](CN(C)S(=O)(=O)C1CC1)C(C)(C)C)C1CCCCC1)C2(C)C. The van der Waals surface area contributed by atoms with Gasteiger partial charge in [0.15, 0.2) is 0 Å². The lowest BCUT2D eigenvalue weighted by molar-refractivity contribution is -0.144. The predicted octanol–water partition coefficient (Wildman–Crippen LogP) is 2.71. The van der Waals surface area contributed by atoms with Crippen LogP contribution in [0.15, 0.2) is 12.7 Å². The van der Waals surface area contributed by atoms with E-state index in [9.17, 15) is 32.4 Å². The van der Waals surface area contributed by atoms with Crippen molar-refractivity contribution in [2.45, 2.75) is 128 Å². The summed E-state index contributed by atoms with van der Waals surface area (Å²) < 4.78 is 27.2. The lowest BCUT2D eigenvalue weighted by atomic mass is 9.83. The summed E-state index contributed by atoms with van der Waals surface area (Å²) in [4.78, 5) is 70.1. The molecule has 5 aliphatic rings. The van der Waals surface area contributed by atoms with Gasteiger partial charge in [0.05, 0.1) is 11.3 Å². The third kappa shape index (κ3) is 8.97. The molecule has 51 heavy (non-hydrogen) atoms. The topological polar surface area (TPSA) is 174 Å². The number of Topliss-reactive ketones (excluding diaryl/α,β-unsaturated/α-hetero) is 1. The third-order valence-electron chi connectivity index (χ3n) is 12.1. The molecule has 1 saturated heterocycles. The quantitative estimate of drug-likeness (QED) is 0.140. The number of hydrogen-bond acceptors (Lipinski definition) is 7. The molecular weight excluding hydrogens is 673 g/mol. The van der Waals surface area contributed by atoms with E-state index >= 15 is 0 Å². The number of urea groups is 1. The molecule has 286 valence electrons. The zero-order valence-electron chi connectivity index (χ0n) is 31.3.